The minimum atomic E-state index is -0.380. The Balaban J connectivity index is 1.63. The number of thiophene rings is 1. The lowest BCUT2D eigenvalue weighted by Crippen LogP contribution is -2.18. The van der Waals surface area contributed by atoms with Crippen LogP contribution in [0, 0.1) is 0 Å². The number of esters is 1. The van der Waals surface area contributed by atoms with Gasteiger partial charge in [-0.2, -0.15) is 0 Å². The summed E-state index contributed by atoms with van der Waals surface area (Å²) in [5.41, 5.74) is 1.94. The van der Waals surface area contributed by atoms with Crippen LogP contribution >= 0.6 is 23.1 Å². The van der Waals surface area contributed by atoms with Crippen LogP contribution < -0.4 is 14.8 Å². The Morgan fingerprint density at radius 2 is 2.04 bits per heavy atom. The van der Waals surface area contributed by atoms with Crippen molar-refractivity contribution >= 4 is 40.0 Å². The zero-order valence-electron chi connectivity index (χ0n) is 14.8. The molecule has 3 heterocycles. The minimum Gasteiger partial charge on any atom is -0.486 e. The Bertz CT molecular complexity index is 892. The topological polar surface area (TPSA) is 73.9 Å². The third-order valence-electron chi connectivity index (χ3n) is 4.29. The quantitative estimate of drug-likeness (QED) is 0.776. The molecular weight excluding hydrogens is 386 g/mol. The van der Waals surface area contributed by atoms with Gasteiger partial charge in [-0.25, -0.2) is 4.79 Å². The summed E-state index contributed by atoms with van der Waals surface area (Å²) in [6.45, 7) is 3.03. The summed E-state index contributed by atoms with van der Waals surface area (Å²) < 4.78 is 17.3. The molecule has 27 heavy (non-hydrogen) atoms. The van der Waals surface area contributed by atoms with Crippen molar-refractivity contribution in [1.29, 1.82) is 0 Å². The molecule has 2 aliphatic rings. The first-order valence-corrected chi connectivity index (χ1v) is 10.6. The fraction of sp³-hybridized carbons (Fsp3) is 0.368. The fourth-order valence-electron chi connectivity index (χ4n) is 3.07. The molecular formula is C19H19NO5S2. The molecule has 0 unspecified atom stereocenters. The first-order valence-electron chi connectivity index (χ1n) is 8.84. The molecule has 1 N–H and O–H groups in total. The Morgan fingerprint density at radius 3 is 2.85 bits per heavy atom. The average molecular weight is 405 g/mol. The van der Waals surface area contributed by atoms with Crippen LogP contribution in [0.5, 0.6) is 11.5 Å². The second-order valence-corrected chi connectivity index (χ2v) is 8.44. The summed E-state index contributed by atoms with van der Waals surface area (Å²) in [5, 5.41) is 3.45. The number of benzene rings is 1. The number of ether oxygens (including phenoxy) is 3. The van der Waals surface area contributed by atoms with Gasteiger partial charge in [-0.1, -0.05) is 0 Å². The van der Waals surface area contributed by atoms with Crippen molar-refractivity contribution in [1.82, 2.24) is 0 Å². The Kier molecular flexibility index (Phi) is 5.27. The highest BCUT2D eigenvalue weighted by molar-refractivity contribution is 8.01. The summed E-state index contributed by atoms with van der Waals surface area (Å²) in [7, 11) is 0. The number of rotatable bonds is 4. The molecule has 0 aliphatic carbocycles. The largest absolute Gasteiger partial charge is 0.486 e. The third kappa shape index (κ3) is 3.64. The Morgan fingerprint density at radius 1 is 1.22 bits per heavy atom. The molecule has 0 atom stereocenters. The van der Waals surface area contributed by atoms with Gasteiger partial charge in [-0.05, 0) is 49.3 Å². The molecule has 0 saturated heterocycles. The normalized spacial score (nSPS) is 15.0. The van der Waals surface area contributed by atoms with E-state index in [0.717, 1.165) is 28.4 Å². The van der Waals surface area contributed by atoms with Crippen LogP contribution in [-0.4, -0.2) is 37.4 Å². The van der Waals surface area contributed by atoms with Crippen LogP contribution in [0.1, 0.15) is 39.6 Å². The summed E-state index contributed by atoms with van der Waals surface area (Å²) in [5.74, 6) is 1.54. The SMILES string of the molecule is CCOC(=O)c1c(NC(=O)c2ccc3c(c2)OCCO3)sc2c1CCCS2. The number of carbonyl (C=O) groups is 2. The van der Waals surface area contributed by atoms with Gasteiger partial charge in [-0.15, -0.1) is 23.1 Å². The van der Waals surface area contributed by atoms with Crippen LogP contribution in [0.3, 0.4) is 0 Å². The molecule has 0 radical (unpaired) electrons. The monoisotopic (exact) mass is 405 g/mol. The van der Waals surface area contributed by atoms with E-state index in [0.29, 0.717) is 47.4 Å². The first-order chi connectivity index (χ1) is 13.2. The van der Waals surface area contributed by atoms with Crippen LogP contribution in [-0.2, 0) is 11.2 Å². The lowest BCUT2D eigenvalue weighted by molar-refractivity contribution is 0.0526. The van der Waals surface area contributed by atoms with Gasteiger partial charge in [0, 0.05) is 5.56 Å². The van der Waals surface area contributed by atoms with Gasteiger partial charge in [-0.3, -0.25) is 4.79 Å². The molecule has 8 heteroatoms. The summed E-state index contributed by atoms with van der Waals surface area (Å²) in [6, 6.07) is 5.08. The van der Waals surface area contributed by atoms with Gasteiger partial charge < -0.3 is 19.5 Å². The molecule has 0 bridgehead atoms. The van der Waals surface area contributed by atoms with Crippen molar-refractivity contribution in [2.45, 2.75) is 24.0 Å². The lowest BCUT2D eigenvalue weighted by Gasteiger charge is -2.18. The molecule has 1 aromatic heterocycles. The molecule has 142 valence electrons. The molecule has 0 saturated carbocycles. The molecule has 2 aliphatic heterocycles. The van der Waals surface area contributed by atoms with Gasteiger partial charge in [0.15, 0.2) is 11.5 Å². The molecule has 1 amide bonds. The Hall–Kier alpha value is -2.19. The molecule has 0 spiro atoms. The number of hydrogen-bond donors (Lipinski definition) is 1. The average Bonchev–Trinajstić information content (AvgIpc) is 3.05. The highest BCUT2D eigenvalue weighted by Gasteiger charge is 2.28. The van der Waals surface area contributed by atoms with Crippen molar-refractivity contribution in [3.63, 3.8) is 0 Å². The van der Waals surface area contributed by atoms with E-state index in [1.54, 1.807) is 36.9 Å². The smallest absolute Gasteiger partial charge is 0.341 e. The maximum Gasteiger partial charge on any atom is 0.341 e. The number of carbonyl (C=O) groups excluding carboxylic acids is 2. The summed E-state index contributed by atoms with van der Waals surface area (Å²) >= 11 is 3.17. The maximum atomic E-state index is 12.8. The third-order valence-corrected chi connectivity index (χ3v) is 6.83. The zero-order valence-corrected chi connectivity index (χ0v) is 16.5. The van der Waals surface area contributed by atoms with E-state index in [1.807, 2.05) is 0 Å². The van der Waals surface area contributed by atoms with E-state index >= 15 is 0 Å². The number of hydrogen-bond acceptors (Lipinski definition) is 7. The number of fused-ring (bicyclic) bond motifs is 2. The van der Waals surface area contributed by atoms with Crippen molar-refractivity contribution < 1.29 is 23.8 Å². The standard InChI is InChI=1S/C19H19NO5S2/c1-2-23-18(22)15-12-4-3-9-26-19(12)27-17(15)20-16(21)11-5-6-13-14(10-11)25-8-7-24-13/h5-6,10H,2-4,7-9H2,1H3,(H,20,21). The fourth-order valence-corrected chi connectivity index (χ4v) is 5.62. The Labute approximate surface area is 165 Å². The van der Waals surface area contributed by atoms with Crippen LogP contribution in [0.15, 0.2) is 22.4 Å². The van der Waals surface area contributed by atoms with Gasteiger partial charge in [0.05, 0.1) is 16.4 Å². The first kappa shape index (κ1) is 18.2. The maximum absolute atomic E-state index is 12.8. The number of amides is 1. The van der Waals surface area contributed by atoms with Crippen LogP contribution in [0.25, 0.3) is 0 Å². The number of anilines is 1. The van der Waals surface area contributed by atoms with Crippen molar-refractivity contribution in [2.24, 2.45) is 0 Å². The molecule has 4 rings (SSSR count). The predicted octanol–water partition coefficient (Wildman–Crippen LogP) is 3.99. The molecule has 2 aromatic rings. The number of thioether (sulfide) groups is 1. The predicted molar refractivity (Wildman–Crippen MR) is 105 cm³/mol. The van der Waals surface area contributed by atoms with Crippen LogP contribution in [0.4, 0.5) is 5.00 Å². The second kappa shape index (κ2) is 7.82. The summed E-state index contributed by atoms with van der Waals surface area (Å²) in [4.78, 5) is 25.3. The minimum absolute atomic E-state index is 0.291. The number of nitrogens with one attached hydrogen (secondary N) is 1. The zero-order chi connectivity index (χ0) is 18.8. The highest BCUT2D eigenvalue weighted by Crippen LogP contribution is 2.44. The highest BCUT2D eigenvalue weighted by atomic mass is 32.2. The van der Waals surface area contributed by atoms with Gasteiger partial charge in [0.2, 0.25) is 0 Å². The van der Waals surface area contributed by atoms with E-state index in [9.17, 15) is 9.59 Å². The van der Waals surface area contributed by atoms with Crippen LogP contribution in [0.2, 0.25) is 0 Å². The van der Waals surface area contributed by atoms with Crippen molar-refractivity contribution in [3.05, 3.63) is 34.9 Å². The van der Waals surface area contributed by atoms with E-state index in [2.05, 4.69) is 5.32 Å². The van der Waals surface area contributed by atoms with E-state index < -0.39 is 0 Å². The lowest BCUT2D eigenvalue weighted by atomic mass is 10.1. The van der Waals surface area contributed by atoms with E-state index in [1.165, 1.54) is 11.3 Å². The van der Waals surface area contributed by atoms with E-state index in [-0.39, 0.29) is 11.9 Å². The van der Waals surface area contributed by atoms with Crippen molar-refractivity contribution in [2.75, 3.05) is 30.9 Å². The molecule has 6 nitrogen and oxygen atoms in total. The van der Waals surface area contributed by atoms with Crippen molar-refractivity contribution in [3.8, 4) is 11.5 Å². The molecule has 0 fully saturated rings. The second-order valence-electron chi connectivity index (χ2n) is 6.06. The molecule has 1 aromatic carbocycles. The summed E-state index contributed by atoms with van der Waals surface area (Å²) in [6.07, 6.45) is 1.84. The van der Waals surface area contributed by atoms with E-state index in [4.69, 9.17) is 14.2 Å². The van der Waals surface area contributed by atoms with Gasteiger partial charge in [0.1, 0.15) is 18.2 Å². The van der Waals surface area contributed by atoms with Gasteiger partial charge in [0.25, 0.3) is 5.91 Å². The van der Waals surface area contributed by atoms with Gasteiger partial charge >= 0.3 is 5.97 Å².